The highest BCUT2D eigenvalue weighted by Gasteiger charge is 2.21. The second-order valence-electron chi connectivity index (χ2n) is 8.22. The van der Waals surface area contributed by atoms with Gasteiger partial charge in [0.2, 0.25) is 0 Å². The molecule has 1 aromatic carbocycles. The van der Waals surface area contributed by atoms with Gasteiger partial charge in [0.25, 0.3) is 0 Å². The van der Waals surface area contributed by atoms with Crippen LogP contribution in [-0.4, -0.2) is 53.5 Å². The van der Waals surface area contributed by atoms with Gasteiger partial charge in [-0.1, -0.05) is 39.8 Å². The molecule has 0 radical (unpaired) electrons. The van der Waals surface area contributed by atoms with Crippen LogP contribution < -0.4 is 10.2 Å². The zero-order valence-corrected chi connectivity index (χ0v) is 21.1. The highest BCUT2D eigenvalue weighted by atomic mass is 16.5. The maximum Gasteiger partial charge on any atom is 0.136 e. The van der Waals surface area contributed by atoms with Crippen molar-refractivity contribution in [2.24, 2.45) is 0 Å². The standard InChI is InChI=1S/C24H28N4O2.2C2H6/c29-20-9-5-18(6-10-20)26-24-21-2-1-11-25-23(21)16-22(27-24)17-3-7-19(8-4-17)28-12-14-30-15-13-28;2*1-2/h1-4,7-8,11,16,18,20,29H,5-6,9-10,12-15H2,(H,26,27);2*1-2H3. The van der Waals surface area contributed by atoms with Crippen LogP contribution in [0.4, 0.5) is 11.5 Å². The monoisotopic (exact) mass is 464 g/mol. The van der Waals surface area contributed by atoms with Crippen LogP contribution in [0.5, 0.6) is 0 Å². The van der Waals surface area contributed by atoms with Gasteiger partial charge in [0.1, 0.15) is 5.82 Å². The van der Waals surface area contributed by atoms with E-state index >= 15 is 0 Å². The molecule has 184 valence electrons. The third-order valence-corrected chi connectivity index (χ3v) is 6.18. The summed E-state index contributed by atoms with van der Waals surface area (Å²) >= 11 is 0. The van der Waals surface area contributed by atoms with Crippen LogP contribution in [0.3, 0.4) is 0 Å². The average molecular weight is 465 g/mol. The van der Waals surface area contributed by atoms with Gasteiger partial charge in [-0.15, -0.1) is 0 Å². The normalized spacial score (nSPS) is 20.0. The van der Waals surface area contributed by atoms with Crippen LogP contribution in [0.2, 0.25) is 0 Å². The van der Waals surface area contributed by atoms with Crippen molar-refractivity contribution >= 4 is 22.4 Å². The molecule has 3 heterocycles. The Balaban J connectivity index is 0.000000771. The van der Waals surface area contributed by atoms with Crippen molar-refractivity contribution in [1.29, 1.82) is 0 Å². The van der Waals surface area contributed by atoms with Crippen LogP contribution in [-0.2, 0) is 4.74 Å². The number of fused-ring (bicyclic) bond motifs is 1. The molecule has 1 saturated heterocycles. The summed E-state index contributed by atoms with van der Waals surface area (Å²) in [5, 5.41) is 14.5. The maximum absolute atomic E-state index is 9.81. The van der Waals surface area contributed by atoms with E-state index in [1.807, 2.05) is 40.0 Å². The molecule has 5 rings (SSSR count). The predicted octanol–water partition coefficient (Wildman–Crippen LogP) is 5.90. The topological polar surface area (TPSA) is 70.5 Å². The number of anilines is 2. The van der Waals surface area contributed by atoms with Crippen molar-refractivity contribution < 1.29 is 9.84 Å². The third-order valence-electron chi connectivity index (χ3n) is 6.18. The molecule has 0 amide bonds. The number of nitrogens with zero attached hydrogens (tertiary/aromatic N) is 3. The summed E-state index contributed by atoms with van der Waals surface area (Å²) < 4.78 is 5.46. The molecule has 6 nitrogen and oxygen atoms in total. The van der Waals surface area contributed by atoms with Gasteiger partial charge in [0.15, 0.2) is 0 Å². The number of ether oxygens (including phenoxy) is 1. The van der Waals surface area contributed by atoms with E-state index in [4.69, 9.17) is 9.72 Å². The molecule has 2 aromatic heterocycles. The van der Waals surface area contributed by atoms with E-state index in [0.717, 1.165) is 80.0 Å². The van der Waals surface area contributed by atoms with Crippen molar-refractivity contribution in [3.63, 3.8) is 0 Å². The van der Waals surface area contributed by atoms with Crippen molar-refractivity contribution in [2.45, 2.75) is 65.5 Å². The zero-order chi connectivity index (χ0) is 24.3. The number of hydrogen-bond acceptors (Lipinski definition) is 6. The number of rotatable bonds is 4. The highest BCUT2D eigenvalue weighted by molar-refractivity contribution is 5.92. The molecule has 1 aliphatic heterocycles. The third kappa shape index (κ3) is 6.45. The molecule has 0 bridgehead atoms. The van der Waals surface area contributed by atoms with Crippen LogP contribution in [0, 0.1) is 0 Å². The molecule has 3 aromatic rings. The van der Waals surface area contributed by atoms with E-state index in [1.165, 1.54) is 5.69 Å². The first-order valence-corrected chi connectivity index (χ1v) is 12.9. The second kappa shape index (κ2) is 13.3. The lowest BCUT2D eigenvalue weighted by atomic mass is 9.93. The SMILES string of the molecule is CC.CC.OC1CCC(Nc2nc(-c3ccc(N4CCOCC4)cc3)cc3ncccc23)CC1. The molecule has 2 N–H and O–H groups in total. The molecule has 0 atom stereocenters. The fourth-order valence-corrected chi connectivity index (χ4v) is 4.41. The first-order valence-electron chi connectivity index (χ1n) is 12.9. The Kier molecular flexibility index (Phi) is 10.1. The Labute approximate surface area is 204 Å². The predicted molar refractivity (Wildman–Crippen MR) is 143 cm³/mol. The lowest BCUT2D eigenvalue weighted by Gasteiger charge is -2.29. The smallest absolute Gasteiger partial charge is 0.136 e. The van der Waals surface area contributed by atoms with Crippen molar-refractivity contribution in [2.75, 3.05) is 36.5 Å². The van der Waals surface area contributed by atoms with Crippen molar-refractivity contribution in [1.82, 2.24) is 9.97 Å². The molecule has 2 fully saturated rings. The Morgan fingerprint density at radius 1 is 0.941 bits per heavy atom. The van der Waals surface area contributed by atoms with Gasteiger partial charge >= 0.3 is 0 Å². The maximum atomic E-state index is 9.81. The lowest BCUT2D eigenvalue weighted by Crippen LogP contribution is -2.36. The van der Waals surface area contributed by atoms with Crippen LogP contribution in [0.25, 0.3) is 22.2 Å². The summed E-state index contributed by atoms with van der Waals surface area (Å²) in [6.45, 7) is 11.4. The fourth-order valence-electron chi connectivity index (χ4n) is 4.41. The summed E-state index contributed by atoms with van der Waals surface area (Å²) in [5.41, 5.74) is 4.17. The summed E-state index contributed by atoms with van der Waals surface area (Å²) in [7, 11) is 0. The first kappa shape index (κ1) is 25.9. The molecule has 1 aliphatic carbocycles. The van der Waals surface area contributed by atoms with Gasteiger partial charge in [0, 0.05) is 42.0 Å². The van der Waals surface area contributed by atoms with E-state index < -0.39 is 0 Å². The lowest BCUT2D eigenvalue weighted by molar-refractivity contribution is 0.122. The van der Waals surface area contributed by atoms with Crippen LogP contribution in [0.1, 0.15) is 53.4 Å². The molecular weight excluding hydrogens is 424 g/mol. The fraction of sp³-hybridized carbons (Fsp3) is 0.500. The molecular formula is C28H40N4O2. The number of nitrogens with one attached hydrogen (secondary N) is 1. The number of pyridine rings is 2. The molecule has 2 aliphatic rings. The van der Waals surface area contributed by atoms with E-state index in [1.54, 1.807) is 0 Å². The Morgan fingerprint density at radius 2 is 1.62 bits per heavy atom. The van der Waals surface area contributed by atoms with Gasteiger partial charge in [-0.05, 0) is 56.0 Å². The number of morpholine rings is 1. The van der Waals surface area contributed by atoms with Gasteiger partial charge < -0.3 is 20.1 Å². The van der Waals surface area contributed by atoms with Gasteiger partial charge in [-0.2, -0.15) is 0 Å². The number of aromatic nitrogens is 2. The second-order valence-corrected chi connectivity index (χ2v) is 8.22. The van der Waals surface area contributed by atoms with Gasteiger partial charge in [-0.3, -0.25) is 4.98 Å². The number of aliphatic hydroxyl groups excluding tert-OH is 1. The van der Waals surface area contributed by atoms with E-state index in [2.05, 4.69) is 51.6 Å². The minimum atomic E-state index is -0.161. The van der Waals surface area contributed by atoms with Gasteiger partial charge in [0.05, 0.1) is 30.5 Å². The van der Waals surface area contributed by atoms with Crippen LogP contribution >= 0.6 is 0 Å². The summed E-state index contributed by atoms with van der Waals surface area (Å²) in [6.07, 6.45) is 5.28. The number of aliphatic hydroxyl groups is 1. The number of hydrogen-bond donors (Lipinski definition) is 2. The molecule has 34 heavy (non-hydrogen) atoms. The highest BCUT2D eigenvalue weighted by Crippen LogP contribution is 2.30. The first-order chi connectivity index (χ1) is 16.8. The van der Waals surface area contributed by atoms with E-state index in [0.29, 0.717) is 6.04 Å². The van der Waals surface area contributed by atoms with Gasteiger partial charge in [-0.25, -0.2) is 4.98 Å². The summed E-state index contributed by atoms with van der Waals surface area (Å²) in [4.78, 5) is 11.9. The van der Waals surface area contributed by atoms with E-state index in [-0.39, 0.29) is 6.10 Å². The Hall–Kier alpha value is -2.70. The zero-order valence-electron chi connectivity index (χ0n) is 21.1. The minimum absolute atomic E-state index is 0.161. The summed E-state index contributed by atoms with van der Waals surface area (Å²) in [6, 6.07) is 15.0. The molecule has 6 heteroatoms. The average Bonchev–Trinajstić information content (AvgIpc) is 2.93. The van der Waals surface area contributed by atoms with Crippen molar-refractivity contribution in [3.05, 3.63) is 48.7 Å². The molecule has 0 spiro atoms. The largest absolute Gasteiger partial charge is 0.393 e. The van der Waals surface area contributed by atoms with E-state index in [9.17, 15) is 5.11 Å². The number of benzene rings is 1. The molecule has 1 saturated carbocycles. The Bertz CT molecular complexity index is 995. The summed E-state index contributed by atoms with van der Waals surface area (Å²) in [5.74, 6) is 0.884. The molecule has 0 unspecified atom stereocenters. The minimum Gasteiger partial charge on any atom is -0.393 e. The quantitative estimate of drug-likeness (QED) is 0.501. The Morgan fingerprint density at radius 3 is 2.29 bits per heavy atom. The van der Waals surface area contributed by atoms with Crippen molar-refractivity contribution in [3.8, 4) is 11.3 Å². The van der Waals surface area contributed by atoms with Crippen LogP contribution in [0.15, 0.2) is 48.7 Å².